The number of hydrogen-bond donors (Lipinski definition) is 1. The predicted octanol–water partition coefficient (Wildman–Crippen LogP) is 2.30. The molecule has 0 radical (unpaired) electrons. The molecular weight excluding hydrogens is 302 g/mol. The zero-order valence-electron chi connectivity index (χ0n) is 14.2. The highest BCUT2D eigenvalue weighted by atomic mass is 16.1. The molecule has 124 valence electrons. The van der Waals surface area contributed by atoms with Gasteiger partial charge in [0.05, 0.1) is 5.69 Å². The van der Waals surface area contributed by atoms with Crippen LogP contribution in [0.2, 0.25) is 0 Å². The summed E-state index contributed by atoms with van der Waals surface area (Å²) in [7, 11) is 0. The number of carbonyl (C=O) groups is 1. The fourth-order valence-corrected chi connectivity index (χ4v) is 2.78. The molecule has 1 N–H and O–H groups in total. The van der Waals surface area contributed by atoms with Crippen LogP contribution in [0.1, 0.15) is 34.4 Å². The summed E-state index contributed by atoms with van der Waals surface area (Å²) in [5, 5.41) is 15.4. The molecule has 1 aromatic carbocycles. The van der Waals surface area contributed by atoms with E-state index in [1.807, 2.05) is 45.0 Å². The van der Waals surface area contributed by atoms with Crippen molar-refractivity contribution in [1.82, 2.24) is 25.1 Å². The average molecular weight is 323 g/mol. The van der Waals surface area contributed by atoms with E-state index in [0.717, 1.165) is 28.0 Å². The zero-order chi connectivity index (χ0) is 17.1. The minimum Gasteiger partial charge on any atom is -0.352 e. The molecule has 0 atom stereocenters. The molecule has 0 unspecified atom stereocenters. The summed E-state index contributed by atoms with van der Waals surface area (Å²) in [6.07, 6.45) is 2.67. The zero-order valence-corrected chi connectivity index (χ0v) is 14.2. The number of benzene rings is 1. The number of nitrogens with one attached hydrogen (secondary N) is 1. The van der Waals surface area contributed by atoms with Crippen molar-refractivity contribution in [3.8, 4) is 0 Å². The summed E-state index contributed by atoms with van der Waals surface area (Å²) in [4.78, 5) is 12.1. The molecule has 1 amide bonds. The number of nitrogens with zero attached hydrogens (tertiary/aromatic N) is 4. The third-order valence-electron chi connectivity index (χ3n) is 4.23. The first-order valence-electron chi connectivity index (χ1n) is 8.03. The maximum absolute atomic E-state index is 12.1. The largest absolute Gasteiger partial charge is 0.352 e. The molecule has 6 heteroatoms. The highest BCUT2D eigenvalue weighted by molar-refractivity contribution is 5.76. The van der Waals surface area contributed by atoms with E-state index < -0.39 is 0 Å². The normalized spacial score (nSPS) is 11.0. The minimum atomic E-state index is 0.0377. The van der Waals surface area contributed by atoms with Gasteiger partial charge in [0, 0.05) is 18.5 Å². The molecule has 6 nitrogen and oxygen atoms in total. The lowest BCUT2D eigenvalue weighted by Crippen LogP contribution is -2.23. The molecule has 3 rings (SSSR count). The molecule has 0 saturated heterocycles. The van der Waals surface area contributed by atoms with Crippen molar-refractivity contribution in [2.45, 2.75) is 40.2 Å². The SMILES string of the molecule is Cc1ccc(CNC(=O)CCc2c(C)nn3cnnc3c2C)cc1. The van der Waals surface area contributed by atoms with Crippen molar-refractivity contribution < 1.29 is 4.79 Å². The Balaban J connectivity index is 1.61. The highest BCUT2D eigenvalue weighted by Crippen LogP contribution is 2.17. The molecular formula is C18H21N5O. The first-order valence-corrected chi connectivity index (χ1v) is 8.03. The maximum Gasteiger partial charge on any atom is 0.220 e. The number of aromatic nitrogens is 4. The number of fused-ring (bicyclic) bond motifs is 1. The van der Waals surface area contributed by atoms with Crippen molar-refractivity contribution in [2.24, 2.45) is 0 Å². The molecule has 0 spiro atoms. The lowest BCUT2D eigenvalue weighted by atomic mass is 10.0. The number of carbonyl (C=O) groups excluding carboxylic acids is 1. The molecule has 3 aromatic rings. The molecule has 2 heterocycles. The third kappa shape index (κ3) is 3.42. The Morgan fingerprint density at radius 3 is 2.67 bits per heavy atom. The van der Waals surface area contributed by atoms with Crippen LogP contribution in [0.4, 0.5) is 0 Å². The number of hydrogen-bond acceptors (Lipinski definition) is 4. The van der Waals surface area contributed by atoms with Crippen LogP contribution in [0.15, 0.2) is 30.6 Å². The molecule has 0 aliphatic heterocycles. The summed E-state index contributed by atoms with van der Waals surface area (Å²) >= 11 is 0. The van der Waals surface area contributed by atoms with Gasteiger partial charge < -0.3 is 5.32 Å². The Bertz CT molecular complexity index is 867. The molecule has 0 aliphatic rings. The van der Waals surface area contributed by atoms with Crippen LogP contribution in [-0.4, -0.2) is 25.7 Å². The van der Waals surface area contributed by atoms with Crippen molar-refractivity contribution in [3.05, 3.63) is 58.5 Å². The Labute approximate surface area is 140 Å². The van der Waals surface area contributed by atoms with Gasteiger partial charge in [-0.15, -0.1) is 10.2 Å². The van der Waals surface area contributed by atoms with E-state index in [1.165, 1.54) is 5.56 Å². The van der Waals surface area contributed by atoms with E-state index in [0.29, 0.717) is 19.4 Å². The summed E-state index contributed by atoms with van der Waals surface area (Å²) < 4.78 is 1.67. The quantitative estimate of drug-likeness (QED) is 0.782. The van der Waals surface area contributed by atoms with Gasteiger partial charge in [-0.2, -0.15) is 5.10 Å². The van der Waals surface area contributed by atoms with Crippen LogP contribution in [0.25, 0.3) is 5.65 Å². The molecule has 0 aliphatic carbocycles. The van der Waals surface area contributed by atoms with Crippen molar-refractivity contribution >= 4 is 11.6 Å². The molecule has 2 aromatic heterocycles. The third-order valence-corrected chi connectivity index (χ3v) is 4.23. The summed E-state index contributed by atoms with van der Waals surface area (Å²) in [6.45, 7) is 6.55. The summed E-state index contributed by atoms with van der Waals surface area (Å²) in [5.74, 6) is 0.0377. The smallest absolute Gasteiger partial charge is 0.220 e. The lowest BCUT2D eigenvalue weighted by molar-refractivity contribution is -0.121. The Kier molecular flexibility index (Phi) is 4.55. The van der Waals surface area contributed by atoms with Gasteiger partial charge in [-0.05, 0) is 38.3 Å². The second kappa shape index (κ2) is 6.78. The van der Waals surface area contributed by atoms with Crippen LogP contribution in [0.5, 0.6) is 0 Å². The van der Waals surface area contributed by atoms with E-state index in [2.05, 4.69) is 20.6 Å². The van der Waals surface area contributed by atoms with E-state index in [9.17, 15) is 4.79 Å². The maximum atomic E-state index is 12.1. The van der Waals surface area contributed by atoms with Crippen LogP contribution in [0, 0.1) is 20.8 Å². The summed E-state index contributed by atoms with van der Waals surface area (Å²) in [5.41, 5.74) is 6.08. The van der Waals surface area contributed by atoms with Crippen LogP contribution < -0.4 is 5.32 Å². The van der Waals surface area contributed by atoms with Gasteiger partial charge in [-0.3, -0.25) is 4.79 Å². The molecule has 0 fully saturated rings. The number of aryl methyl sites for hydroxylation is 3. The minimum absolute atomic E-state index is 0.0377. The van der Waals surface area contributed by atoms with E-state index in [-0.39, 0.29) is 5.91 Å². The van der Waals surface area contributed by atoms with Crippen molar-refractivity contribution in [2.75, 3.05) is 0 Å². The van der Waals surface area contributed by atoms with Gasteiger partial charge in [-0.25, -0.2) is 4.52 Å². The fourth-order valence-electron chi connectivity index (χ4n) is 2.78. The molecule has 24 heavy (non-hydrogen) atoms. The van der Waals surface area contributed by atoms with Gasteiger partial charge in [0.1, 0.15) is 6.33 Å². The van der Waals surface area contributed by atoms with E-state index in [1.54, 1.807) is 10.8 Å². The molecule has 0 bridgehead atoms. The highest BCUT2D eigenvalue weighted by Gasteiger charge is 2.12. The van der Waals surface area contributed by atoms with Crippen LogP contribution in [0.3, 0.4) is 0 Å². The van der Waals surface area contributed by atoms with Gasteiger partial charge in [0.2, 0.25) is 5.91 Å². The Hall–Kier alpha value is -2.76. The van der Waals surface area contributed by atoms with E-state index in [4.69, 9.17) is 0 Å². The first kappa shape index (κ1) is 16.1. The second-order valence-corrected chi connectivity index (χ2v) is 6.05. The van der Waals surface area contributed by atoms with Gasteiger partial charge in [0.15, 0.2) is 5.65 Å². The lowest BCUT2D eigenvalue weighted by Gasteiger charge is -2.10. The fraction of sp³-hybridized carbons (Fsp3) is 0.333. The van der Waals surface area contributed by atoms with Crippen molar-refractivity contribution in [1.29, 1.82) is 0 Å². The topological polar surface area (TPSA) is 72.2 Å². The number of rotatable bonds is 5. The number of amides is 1. The average Bonchev–Trinajstić information content (AvgIpc) is 3.02. The predicted molar refractivity (Wildman–Crippen MR) is 91.6 cm³/mol. The van der Waals surface area contributed by atoms with Crippen LogP contribution >= 0.6 is 0 Å². The molecule has 0 saturated carbocycles. The van der Waals surface area contributed by atoms with Gasteiger partial charge >= 0.3 is 0 Å². The first-order chi connectivity index (χ1) is 11.5. The van der Waals surface area contributed by atoms with Gasteiger partial charge in [-0.1, -0.05) is 29.8 Å². The Morgan fingerprint density at radius 2 is 1.92 bits per heavy atom. The van der Waals surface area contributed by atoms with E-state index >= 15 is 0 Å². The second-order valence-electron chi connectivity index (χ2n) is 6.05. The van der Waals surface area contributed by atoms with Crippen molar-refractivity contribution in [3.63, 3.8) is 0 Å². The monoisotopic (exact) mass is 323 g/mol. The standard InChI is InChI=1S/C18H21N5O/c1-12-4-6-15(7-5-12)10-19-17(24)9-8-16-13(2)18-21-20-11-23(18)22-14(16)3/h4-7,11H,8-10H2,1-3H3,(H,19,24). The summed E-state index contributed by atoms with van der Waals surface area (Å²) in [6, 6.07) is 8.17. The van der Waals surface area contributed by atoms with Crippen LogP contribution in [-0.2, 0) is 17.8 Å². The van der Waals surface area contributed by atoms with Gasteiger partial charge in [0.25, 0.3) is 0 Å². The Morgan fingerprint density at radius 1 is 1.17 bits per heavy atom.